The fraction of sp³-hybridized carbons (Fsp3) is 0.438. The Morgan fingerprint density at radius 3 is 2.75 bits per heavy atom. The van der Waals surface area contributed by atoms with Gasteiger partial charge in [-0.1, -0.05) is 20.8 Å². The van der Waals surface area contributed by atoms with Crippen LogP contribution in [0.1, 0.15) is 32.9 Å². The number of hydrazine groups is 1. The first-order valence-electron chi connectivity index (χ1n) is 7.17. The minimum atomic E-state index is 0.567. The van der Waals surface area contributed by atoms with Crippen LogP contribution >= 0.6 is 0 Å². The van der Waals surface area contributed by atoms with Crippen LogP contribution in [0.25, 0.3) is 10.9 Å². The molecule has 4 nitrogen and oxygen atoms in total. The molecule has 2 aromatic rings. The lowest BCUT2D eigenvalue weighted by Gasteiger charge is -2.12. The normalized spacial score (nSPS) is 11.1. The third kappa shape index (κ3) is 3.39. The molecule has 4 heteroatoms. The van der Waals surface area contributed by atoms with Crippen LogP contribution in [0.5, 0.6) is 5.75 Å². The van der Waals surface area contributed by atoms with Gasteiger partial charge in [-0.2, -0.15) is 0 Å². The lowest BCUT2D eigenvalue weighted by atomic mass is 10.1. The first-order chi connectivity index (χ1) is 9.63. The molecule has 1 heterocycles. The zero-order valence-electron chi connectivity index (χ0n) is 12.4. The summed E-state index contributed by atoms with van der Waals surface area (Å²) in [6.45, 7) is 7.18. The van der Waals surface area contributed by atoms with Crippen molar-refractivity contribution in [3.05, 3.63) is 30.0 Å². The summed E-state index contributed by atoms with van der Waals surface area (Å²) in [7, 11) is 0. The van der Waals surface area contributed by atoms with Crippen LogP contribution < -0.4 is 16.0 Å². The van der Waals surface area contributed by atoms with Gasteiger partial charge in [-0.25, -0.2) is 0 Å². The maximum Gasteiger partial charge on any atom is 0.120 e. The van der Waals surface area contributed by atoms with Gasteiger partial charge in [0, 0.05) is 11.1 Å². The number of hydrogen-bond donors (Lipinski definition) is 2. The molecule has 0 radical (unpaired) electrons. The van der Waals surface area contributed by atoms with Gasteiger partial charge in [-0.05, 0) is 43.0 Å². The average Bonchev–Trinajstić information content (AvgIpc) is 2.43. The molecule has 0 fully saturated rings. The second-order valence-corrected chi connectivity index (χ2v) is 5.43. The molecule has 3 N–H and O–H groups in total. The van der Waals surface area contributed by atoms with Crippen molar-refractivity contribution >= 4 is 16.6 Å². The molecule has 0 atom stereocenters. The summed E-state index contributed by atoms with van der Waals surface area (Å²) in [6, 6.07) is 7.97. The SMILES string of the molecule is CCCOc1ccc2nc(CC(C)C)cc(NN)c2c1. The van der Waals surface area contributed by atoms with Gasteiger partial charge in [0.05, 0.1) is 17.8 Å². The first-order valence-corrected chi connectivity index (χ1v) is 7.17. The Balaban J connectivity index is 2.41. The molecule has 0 saturated carbocycles. The van der Waals surface area contributed by atoms with Crippen molar-refractivity contribution in [1.82, 2.24) is 4.98 Å². The van der Waals surface area contributed by atoms with Crippen LogP contribution in [0.4, 0.5) is 5.69 Å². The Labute approximate surface area is 120 Å². The van der Waals surface area contributed by atoms with Crippen molar-refractivity contribution in [2.24, 2.45) is 11.8 Å². The quantitative estimate of drug-likeness (QED) is 0.624. The molecule has 20 heavy (non-hydrogen) atoms. The number of nitrogens with two attached hydrogens (primary N) is 1. The highest BCUT2D eigenvalue weighted by molar-refractivity contribution is 5.92. The molecule has 0 spiro atoms. The maximum absolute atomic E-state index is 5.66. The number of rotatable bonds is 6. The summed E-state index contributed by atoms with van der Waals surface area (Å²) in [5.41, 5.74) is 5.67. The molecule has 0 amide bonds. The van der Waals surface area contributed by atoms with Gasteiger partial charge in [0.25, 0.3) is 0 Å². The van der Waals surface area contributed by atoms with Gasteiger partial charge < -0.3 is 10.2 Å². The van der Waals surface area contributed by atoms with Crippen LogP contribution in [-0.2, 0) is 6.42 Å². The lowest BCUT2D eigenvalue weighted by molar-refractivity contribution is 0.318. The number of anilines is 1. The van der Waals surface area contributed by atoms with E-state index in [-0.39, 0.29) is 0 Å². The van der Waals surface area contributed by atoms with Gasteiger partial charge in [-0.3, -0.25) is 10.8 Å². The largest absolute Gasteiger partial charge is 0.494 e. The zero-order chi connectivity index (χ0) is 14.5. The van der Waals surface area contributed by atoms with Crippen molar-refractivity contribution in [3.8, 4) is 5.75 Å². The van der Waals surface area contributed by atoms with Crippen LogP contribution in [-0.4, -0.2) is 11.6 Å². The van der Waals surface area contributed by atoms with E-state index in [1.54, 1.807) is 0 Å². The number of nitrogens with zero attached hydrogens (tertiary/aromatic N) is 1. The van der Waals surface area contributed by atoms with E-state index >= 15 is 0 Å². The van der Waals surface area contributed by atoms with Gasteiger partial charge >= 0.3 is 0 Å². The topological polar surface area (TPSA) is 60.2 Å². The van der Waals surface area contributed by atoms with Crippen molar-refractivity contribution in [2.75, 3.05) is 12.0 Å². The monoisotopic (exact) mass is 273 g/mol. The summed E-state index contributed by atoms with van der Waals surface area (Å²) in [4.78, 5) is 4.69. The first kappa shape index (κ1) is 14.6. The van der Waals surface area contributed by atoms with Gasteiger partial charge in [0.1, 0.15) is 5.75 Å². The molecule has 0 unspecified atom stereocenters. The minimum Gasteiger partial charge on any atom is -0.494 e. The molecule has 0 aliphatic carbocycles. The van der Waals surface area contributed by atoms with Crippen LogP contribution in [0.15, 0.2) is 24.3 Å². The van der Waals surface area contributed by atoms with Crippen LogP contribution in [0.3, 0.4) is 0 Å². The second-order valence-electron chi connectivity index (χ2n) is 5.43. The lowest BCUT2D eigenvalue weighted by Crippen LogP contribution is -2.09. The molecule has 1 aromatic carbocycles. The molecular weight excluding hydrogens is 250 g/mol. The number of pyridine rings is 1. The van der Waals surface area contributed by atoms with E-state index in [0.717, 1.165) is 47.5 Å². The Morgan fingerprint density at radius 1 is 1.30 bits per heavy atom. The van der Waals surface area contributed by atoms with Crippen molar-refractivity contribution in [1.29, 1.82) is 0 Å². The summed E-state index contributed by atoms with van der Waals surface area (Å²) in [6.07, 6.45) is 1.93. The Hall–Kier alpha value is -1.81. The van der Waals surface area contributed by atoms with E-state index in [1.165, 1.54) is 0 Å². The predicted molar refractivity (Wildman–Crippen MR) is 83.9 cm³/mol. The van der Waals surface area contributed by atoms with E-state index in [9.17, 15) is 0 Å². The maximum atomic E-state index is 5.66. The highest BCUT2D eigenvalue weighted by Gasteiger charge is 2.08. The van der Waals surface area contributed by atoms with E-state index < -0.39 is 0 Å². The van der Waals surface area contributed by atoms with Gasteiger partial charge in [-0.15, -0.1) is 0 Å². The minimum absolute atomic E-state index is 0.567. The molecule has 0 aliphatic rings. The third-order valence-electron chi connectivity index (χ3n) is 3.08. The molecule has 0 bridgehead atoms. The number of ether oxygens (including phenoxy) is 1. The third-order valence-corrected chi connectivity index (χ3v) is 3.08. The number of fused-ring (bicyclic) bond motifs is 1. The summed E-state index contributed by atoms with van der Waals surface area (Å²) in [5.74, 6) is 7.07. The smallest absolute Gasteiger partial charge is 0.120 e. The van der Waals surface area contributed by atoms with Gasteiger partial charge in [0.2, 0.25) is 0 Å². The predicted octanol–water partition coefficient (Wildman–Crippen LogP) is 3.51. The molecule has 1 aromatic heterocycles. The van der Waals surface area contributed by atoms with E-state index in [4.69, 9.17) is 15.6 Å². The van der Waals surface area contributed by atoms with Crippen molar-refractivity contribution < 1.29 is 4.74 Å². The Bertz CT molecular complexity index is 581. The summed E-state index contributed by atoms with van der Waals surface area (Å²) in [5, 5.41) is 0.994. The van der Waals surface area contributed by atoms with Crippen LogP contribution in [0.2, 0.25) is 0 Å². The number of aromatic nitrogens is 1. The number of nitrogens with one attached hydrogen (secondary N) is 1. The fourth-order valence-corrected chi connectivity index (χ4v) is 2.21. The number of nitrogen functional groups attached to an aromatic ring is 1. The average molecular weight is 273 g/mol. The fourth-order valence-electron chi connectivity index (χ4n) is 2.21. The molecular formula is C16H23N3O. The van der Waals surface area contributed by atoms with Crippen molar-refractivity contribution in [2.45, 2.75) is 33.6 Å². The second kappa shape index (κ2) is 6.57. The molecule has 0 aliphatic heterocycles. The van der Waals surface area contributed by atoms with E-state index in [2.05, 4.69) is 26.2 Å². The molecule has 2 rings (SSSR count). The Kier molecular flexibility index (Phi) is 4.79. The standard InChI is InChI=1S/C16H23N3O/c1-4-7-20-13-5-6-15-14(10-13)16(19-17)9-12(18-15)8-11(2)3/h5-6,9-11H,4,7-8,17H2,1-3H3,(H,18,19). The highest BCUT2D eigenvalue weighted by Crippen LogP contribution is 2.27. The van der Waals surface area contributed by atoms with Crippen LogP contribution in [0, 0.1) is 5.92 Å². The Morgan fingerprint density at radius 2 is 2.10 bits per heavy atom. The summed E-state index contributed by atoms with van der Waals surface area (Å²) >= 11 is 0. The van der Waals surface area contributed by atoms with E-state index in [0.29, 0.717) is 5.92 Å². The van der Waals surface area contributed by atoms with Gasteiger partial charge in [0.15, 0.2) is 0 Å². The number of benzene rings is 1. The number of hydrogen-bond acceptors (Lipinski definition) is 4. The summed E-state index contributed by atoms with van der Waals surface area (Å²) < 4.78 is 5.66. The van der Waals surface area contributed by atoms with E-state index in [1.807, 2.05) is 24.3 Å². The van der Waals surface area contributed by atoms with Crippen molar-refractivity contribution in [3.63, 3.8) is 0 Å². The molecule has 0 saturated heterocycles. The molecule has 108 valence electrons. The zero-order valence-corrected chi connectivity index (χ0v) is 12.4. The highest BCUT2D eigenvalue weighted by atomic mass is 16.5.